The molecule has 0 saturated carbocycles. The van der Waals surface area contributed by atoms with Crippen LogP contribution in [0.3, 0.4) is 0 Å². The zero-order chi connectivity index (χ0) is 4.50. The summed E-state index contributed by atoms with van der Waals surface area (Å²) in [4.78, 5) is 0. The summed E-state index contributed by atoms with van der Waals surface area (Å²) in [5.74, 6) is 0. The van der Waals surface area contributed by atoms with Crippen LogP contribution in [0.4, 0.5) is 0 Å². The van der Waals surface area contributed by atoms with Gasteiger partial charge in [0.25, 0.3) is 0 Å². The largest absolute Gasteiger partial charge is 0 e. The molecule has 0 aromatic carbocycles. The summed E-state index contributed by atoms with van der Waals surface area (Å²) in [5.41, 5.74) is 0. The second-order valence-electron chi connectivity index (χ2n) is 1.00. The molecule has 0 fully saturated rings. The molecule has 6 heavy (non-hydrogen) atoms. The Balaban J connectivity index is 0. The Labute approximate surface area is 55.8 Å². The summed E-state index contributed by atoms with van der Waals surface area (Å²) in [6.45, 7) is 0. The zero-order valence-electron chi connectivity index (χ0n) is 3.22. The molecule has 0 aliphatic rings. The third kappa shape index (κ3) is 40.6. The molecule has 0 aliphatic heterocycles. The van der Waals surface area contributed by atoms with Crippen molar-refractivity contribution < 1.29 is 37.5 Å². The molecule has 0 unspecified atom stereocenters. The molecule has 0 atom stereocenters. The van der Waals surface area contributed by atoms with Crippen LogP contribution in [0, 0.1) is 0 Å². The third-order valence-corrected chi connectivity index (χ3v) is 0. The molecule has 0 aromatic heterocycles. The first kappa shape index (κ1) is 10.7. The van der Waals surface area contributed by atoms with E-state index in [9.17, 15) is 0 Å². The van der Waals surface area contributed by atoms with Gasteiger partial charge in [-0.25, -0.2) is 0 Å². The number of rotatable bonds is 0. The smallest absolute Gasteiger partial charge is 0 e. The van der Waals surface area contributed by atoms with Crippen LogP contribution in [0.2, 0.25) is 0 Å². The maximum atomic E-state index is 4.90. The molecule has 0 aromatic rings. The second-order valence-corrected chi connectivity index (χ2v) is 5.92. The summed E-state index contributed by atoms with van der Waals surface area (Å²) >= 11 is -3.18. The monoisotopic (exact) mass is 232 g/mol. The van der Waals surface area contributed by atoms with Crippen molar-refractivity contribution in [1.82, 2.24) is 0 Å². The Morgan fingerprint density at radius 3 is 0.833 bits per heavy atom. The Bertz CT molecular complexity index is 452. The number of hydrogen-bond donors (Lipinski definition) is 0. The Morgan fingerprint density at radius 1 is 0.833 bits per heavy atom. The standard InChI is InChI=1S/4B.Mo.Zr. The predicted molar refractivity (Wildman–Crippen MR) is 23.0 cm³/mol. The first-order valence-corrected chi connectivity index (χ1v) is 6.83. The maximum Gasteiger partial charge on any atom is 0 e. The molecule has 6 heteroatoms. The third-order valence-electron chi connectivity index (χ3n) is 0. The predicted octanol–water partition coefficient (Wildman–Crippen LogP) is -1.53. The quantitative estimate of drug-likeness (QED) is 0.443. The van der Waals surface area contributed by atoms with Crippen molar-refractivity contribution in [2.45, 2.75) is 0 Å². The van der Waals surface area contributed by atoms with Gasteiger partial charge in [0.1, 0.15) is 0 Å². The van der Waals surface area contributed by atoms with Gasteiger partial charge >= 0.3 is 35.4 Å². The van der Waals surface area contributed by atoms with Gasteiger partial charge in [-0.1, -0.05) is 0 Å². The summed E-state index contributed by atoms with van der Waals surface area (Å²) in [6.07, 6.45) is 0. The van der Waals surface area contributed by atoms with E-state index >= 15 is 0 Å². The second kappa shape index (κ2) is 3.79. The van der Waals surface area contributed by atoms with E-state index in [1.807, 2.05) is 0 Å². The van der Waals surface area contributed by atoms with Crippen LogP contribution in [0.25, 0.3) is 0 Å². The zero-order valence-corrected chi connectivity index (χ0v) is 7.68. The van der Waals surface area contributed by atoms with Crippen molar-refractivity contribution in [3.8, 4) is 0 Å². The van der Waals surface area contributed by atoms with Crippen LogP contribution >= 0.6 is 0 Å². The van der Waals surface area contributed by atoms with Gasteiger partial charge in [0.15, 0.2) is 0 Å². The molecule has 0 amide bonds. The summed E-state index contributed by atoms with van der Waals surface area (Å²) in [7, 11) is 0. The Kier molecular flexibility index (Phi) is 6.78. The Morgan fingerprint density at radius 2 is 0.833 bits per heavy atom. The normalized spacial score (nSPS) is 13.3. The molecule has 0 heterocycles. The molecular weight excluding hydrogens is 230 g/mol. The average Bonchev–Trinajstić information content (AvgIpc) is 0.722. The molecule has 0 N–H and O–H groups in total. The van der Waals surface area contributed by atoms with Crippen molar-refractivity contribution in [3.05, 3.63) is 0 Å². The van der Waals surface area contributed by atoms with E-state index in [-0.39, 0.29) is 21.1 Å². The first-order valence-electron chi connectivity index (χ1n) is 1.15. The van der Waals surface area contributed by atoms with Crippen LogP contribution < -0.4 is 0 Å². The summed E-state index contributed by atoms with van der Waals surface area (Å²) < 4.78 is 19.6. The van der Waals surface area contributed by atoms with Crippen molar-refractivity contribution in [2.75, 3.05) is 0 Å². The van der Waals surface area contributed by atoms with Gasteiger partial charge in [-0.2, -0.15) is 0 Å². The first-order chi connectivity index (χ1) is 2.00. The van der Waals surface area contributed by atoms with Gasteiger partial charge in [-0.3, -0.25) is 0 Å². The van der Waals surface area contributed by atoms with Crippen molar-refractivity contribution in [2.24, 2.45) is 0 Å². The summed E-state index contributed by atoms with van der Waals surface area (Å²) in [5, 5.41) is 0. The van der Waals surface area contributed by atoms with Crippen LogP contribution in [0.15, 0.2) is 0 Å². The molecule has 0 rings (SSSR count). The van der Waals surface area contributed by atoms with Crippen molar-refractivity contribution in [1.29, 1.82) is 0 Å². The molecule has 0 radical (unpaired) electrons. The van der Waals surface area contributed by atoms with Gasteiger partial charge in [-0.05, 0) is 0 Å². The van der Waals surface area contributed by atoms with E-state index in [0.29, 0.717) is 0 Å². The minimum Gasteiger partial charge on any atom is 0 e. The molecule has 0 saturated heterocycles. The Hall–Kier alpha value is 1.83. The van der Waals surface area contributed by atoms with Gasteiger partial charge < -0.3 is 0 Å². The van der Waals surface area contributed by atoms with E-state index in [4.69, 9.17) is 18.9 Å². The fourth-order valence-corrected chi connectivity index (χ4v) is 0. The summed E-state index contributed by atoms with van der Waals surface area (Å²) in [6, 6.07) is 0. The maximum absolute atomic E-state index is 4.90. The van der Waals surface area contributed by atoms with E-state index in [0.717, 1.165) is 0 Å². The SMILES string of the molecule is [B]#[Zr](#[B])(#[B])#[B].[Mo]. The van der Waals surface area contributed by atoms with Crippen LogP contribution in [-0.4, -0.2) is 18.9 Å². The minimum atomic E-state index is -3.18. The van der Waals surface area contributed by atoms with E-state index in [1.165, 1.54) is 0 Å². The molecule has 0 nitrogen and oxygen atoms in total. The van der Waals surface area contributed by atoms with Gasteiger partial charge in [0.05, 0.1) is 0 Å². The van der Waals surface area contributed by atoms with E-state index in [2.05, 4.69) is 0 Å². The van der Waals surface area contributed by atoms with E-state index < -0.39 is 16.5 Å². The fraction of sp³-hybridized carbons (Fsp3) is 0. The number of hydrogen-bond acceptors (Lipinski definition) is 0. The molecule has 0 bridgehead atoms. The van der Waals surface area contributed by atoms with Gasteiger partial charge in [-0.15, -0.1) is 0 Å². The fourth-order valence-electron chi connectivity index (χ4n) is 0. The van der Waals surface area contributed by atoms with Crippen LogP contribution in [0.5, 0.6) is 0 Å². The van der Waals surface area contributed by atoms with Crippen molar-refractivity contribution in [3.63, 3.8) is 0 Å². The molecular formula is B4MoZr. The molecule has 22 valence electrons. The molecule has 0 aliphatic carbocycles. The van der Waals surface area contributed by atoms with Crippen molar-refractivity contribution >= 4 is 18.9 Å². The van der Waals surface area contributed by atoms with Crippen LogP contribution in [-0.2, 0) is 37.5 Å². The minimum absolute atomic E-state index is 0. The average molecular weight is 230 g/mol. The van der Waals surface area contributed by atoms with Gasteiger partial charge in [0, 0.05) is 21.1 Å². The van der Waals surface area contributed by atoms with Gasteiger partial charge in [0.2, 0.25) is 0 Å². The molecule has 0 spiro atoms. The van der Waals surface area contributed by atoms with E-state index in [1.54, 1.807) is 0 Å². The van der Waals surface area contributed by atoms with Crippen LogP contribution in [0.1, 0.15) is 0 Å². The topological polar surface area (TPSA) is 0 Å².